The van der Waals surface area contributed by atoms with Crippen molar-refractivity contribution < 1.29 is 28.6 Å². The highest BCUT2D eigenvalue weighted by molar-refractivity contribution is 6.30. The molecule has 1 aliphatic heterocycles. The summed E-state index contributed by atoms with van der Waals surface area (Å²) in [6, 6.07) is 22.8. The molecule has 0 bridgehead atoms. The van der Waals surface area contributed by atoms with Crippen molar-refractivity contribution in [2.75, 3.05) is 26.3 Å². The third-order valence-electron chi connectivity index (χ3n) is 9.26. The molecule has 1 aliphatic carbocycles. The van der Waals surface area contributed by atoms with Crippen LogP contribution in [-0.4, -0.2) is 57.7 Å². The summed E-state index contributed by atoms with van der Waals surface area (Å²) < 4.78 is 29.7. The molecule has 2 aliphatic rings. The van der Waals surface area contributed by atoms with Crippen LogP contribution in [0.5, 0.6) is 5.75 Å². The van der Waals surface area contributed by atoms with Crippen LogP contribution >= 0.6 is 24.0 Å². The largest absolute Gasteiger partial charge is 0.489 e. The van der Waals surface area contributed by atoms with Crippen molar-refractivity contribution in [3.05, 3.63) is 106 Å². The van der Waals surface area contributed by atoms with E-state index in [0.717, 1.165) is 54.3 Å². The Bertz CT molecular complexity index is 1990. The normalized spacial score (nSPS) is 15.2. The van der Waals surface area contributed by atoms with Gasteiger partial charge in [0.1, 0.15) is 24.0 Å². The third-order valence-corrected chi connectivity index (χ3v) is 9.51. The zero-order valence-corrected chi connectivity index (χ0v) is 28.3. The van der Waals surface area contributed by atoms with E-state index in [1.54, 1.807) is 35.2 Å². The van der Waals surface area contributed by atoms with E-state index in [1.165, 1.54) is 6.07 Å². The lowest BCUT2D eigenvalue weighted by molar-refractivity contribution is 0.0303. The van der Waals surface area contributed by atoms with Crippen LogP contribution in [-0.2, 0) is 11.3 Å². The topological polar surface area (TPSA) is 93.9 Å². The van der Waals surface area contributed by atoms with Gasteiger partial charge in [-0.25, -0.2) is 14.2 Å². The predicted molar refractivity (Wildman–Crippen MR) is 189 cm³/mol. The fourth-order valence-corrected chi connectivity index (χ4v) is 6.89. The second kappa shape index (κ2) is 15.0. The number of ether oxygens (including phenoxy) is 2. The van der Waals surface area contributed by atoms with E-state index in [4.69, 9.17) is 26.1 Å². The number of hydrogen-bond donors (Lipinski definition) is 1. The van der Waals surface area contributed by atoms with Crippen LogP contribution < -0.4 is 4.74 Å². The Morgan fingerprint density at radius 3 is 2.33 bits per heavy atom. The van der Waals surface area contributed by atoms with Gasteiger partial charge in [0.25, 0.3) is 5.91 Å². The summed E-state index contributed by atoms with van der Waals surface area (Å²) in [5.74, 6) is -0.797. The molecule has 2 fully saturated rings. The molecule has 2 heterocycles. The molecule has 11 heteroatoms. The molecular weight excluding hydrogens is 668 g/mol. The molecular formula is C38H36Cl2FN3O5. The summed E-state index contributed by atoms with van der Waals surface area (Å²) in [5, 5.41) is 10.2. The molecule has 0 atom stereocenters. The van der Waals surface area contributed by atoms with Crippen LogP contribution in [0.1, 0.15) is 64.4 Å². The zero-order chi connectivity index (χ0) is 33.2. The quantitative estimate of drug-likeness (QED) is 0.174. The van der Waals surface area contributed by atoms with Crippen molar-refractivity contribution in [2.24, 2.45) is 0 Å². The van der Waals surface area contributed by atoms with E-state index in [1.807, 2.05) is 42.5 Å². The van der Waals surface area contributed by atoms with Crippen LogP contribution in [0.3, 0.4) is 0 Å². The van der Waals surface area contributed by atoms with Gasteiger partial charge in [0.2, 0.25) is 0 Å². The summed E-state index contributed by atoms with van der Waals surface area (Å²) in [6.07, 6.45) is 5.20. The van der Waals surface area contributed by atoms with Gasteiger partial charge in [0.05, 0.1) is 35.4 Å². The first-order valence-corrected chi connectivity index (χ1v) is 16.7. The second-order valence-corrected chi connectivity index (χ2v) is 12.8. The maximum Gasteiger partial charge on any atom is 0.335 e. The van der Waals surface area contributed by atoms with Gasteiger partial charge in [-0.2, -0.15) is 0 Å². The zero-order valence-electron chi connectivity index (χ0n) is 26.7. The molecule has 1 saturated carbocycles. The minimum absolute atomic E-state index is 0. The standard InChI is InChI=1S/C38H35ClFN3O5.ClH/c39-28-10-6-24(7-11-28)31-13-8-25(37(44)42-16-18-47-19-17-42)20-27(31)23-48-30-12-14-32(33(40)22-30)36-41-34-21-26(38(45)46)9-15-35(34)43(36)29-4-2-1-3-5-29;/h6-15,20-22,29H,1-5,16-19,23H2,(H,45,46);1H. The Balaban J connectivity index is 0.00000417. The average molecular weight is 705 g/mol. The van der Waals surface area contributed by atoms with E-state index in [2.05, 4.69) is 4.57 Å². The van der Waals surface area contributed by atoms with Gasteiger partial charge in [0.15, 0.2) is 0 Å². The lowest BCUT2D eigenvalue weighted by atomic mass is 9.94. The van der Waals surface area contributed by atoms with Gasteiger partial charge in [-0.05, 0) is 84.1 Å². The Hall–Kier alpha value is -4.44. The highest BCUT2D eigenvalue weighted by atomic mass is 35.5. The first kappa shape index (κ1) is 34.4. The van der Waals surface area contributed by atoms with Crippen molar-refractivity contribution in [3.63, 3.8) is 0 Å². The molecule has 0 unspecified atom stereocenters. The molecule has 1 saturated heterocycles. The molecule has 4 aromatic carbocycles. The first-order chi connectivity index (χ1) is 23.4. The highest BCUT2D eigenvalue weighted by Gasteiger charge is 2.25. The summed E-state index contributed by atoms with van der Waals surface area (Å²) >= 11 is 6.15. The van der Waals surface area contributed by atoms with Gasteiger partial charge in [-0.1, -0.05) is 49.1 Å². The lowest BCUT2D eigenvalue weighted by Gasteiger charge is -2.27. The molecule has 0 spiro atoms. The SMILES string of the molecule is Cl.O=C(O)c1ccc2c(c1)nc(-c1ccc(OCc3cc(C(=O)N4CCOCC4)ccc3-c3ccc(Cl)cc3)cc1F)n2C1CCCCC1. The molecule has 49 heavy (non-hydrogen) atoms. The van der Waals surface area contributed by atoms with Crippen LogP contribution in [0.2, 0.25) is 5.02 Å². The van der Waals surface area contributed by atoms with Crippen molar-refractivity contribution in [3.8, 4) is 28.3 Å². The average Bonchev–Trinajstić information content (AvgIpc) is 3.50. The molecule has 7 rings (SSSR count). The number of rotatable bonds is 8. The van der Waals surface area contributed by atoms with Gasteiger partial charge >= 0.3 is 5.97 Å². The summed E-state index contributed by atoms with van der Waals surface area (Å²) in [4.78, 5) is 31.5. The number of nitrogens with zero attached hydrogens (tertiary/aromatic N) is 3. The van der Waals surface area contributed by atoms with E-state index in [0.29, 0.717) is 59.5 Å². The molecule has 1 amide bonds. The molecule has 1 N–H and O–H groups in total. The first-order valence-electron chi connectivity index (χ1n) is 16.3. The van der Waals surface area contributed by atoms with Crippen molar-refractivity contribution in [1.82, 2.24) is 14.5 Å². The summed E-state index contributed by atoms with van der Waals surface area (Å²) in [6.45, 7) is 2.17. The van der Waals surface area contributed by atoms with Gasteiger partial charge < -0.3 is 24.0 Å². The maximum atomic E-state index is 16.0. The number of carboxylic acids is 1. The van der Waals surface area contributed by atoms with E-state index in [9.17, 15) is 14.7 Å². The number of carbonyl (C=O) groups is 2. The molecule has 0 radical (unpaired) electrons. The molecule has 254 valence electrons. The lowest BCUT2D eigenvalue weighted by Crippen LogP contribution is -2.40. The second-order valence-electron chi connectivity index (χ2n) is 12.3. The Morgan fingerprint density at radius 2 is 1.61 bits per heavy atom. The van der Waals surface area contributed by atoms with E-state index in [-0.39, 0.29) is 36.5 Å². The van der Waals surface area contributed by atoms with Gasteiger partial charge in [-0.3, -0.25) is 4.79 Å². The van der Waals surface area contributed by atoms with Crippen LogP contribution in [0, 0.1) is 5.82 Å². The van der Waals surface area contributed by atoms with Crippen molar-refractivity contribution in [1.29, 1.82) is 0 Å². The Kier molecular flexibility index (Phi) is 10.5. The molecule has 8 nitrogen and oxygen atoms in total. The molecule has 1 aromatic heterocycles. The van der Waals surface area contributed by atoms with Crippen LogP contribution in [0.25, 0.3) is 33.5 Å². The van der Waals surface area contributed by atoms with E-state index < -0.39 is 11.8 Å². The maximum absolute atomic E-state index is 16.0. The van der Waals surface area contributed by atoms with E-state index >= 15 is 4.39 Å². The number of carboxylic acid groups (broad SMARTS) is 1. The summed E-state index contributed by atoms with van der Waals surface area (Å²) in [7, 11) is 0. The number of amides is 1. The Morgan fingerprint density at radius 1 is 0.898 bits per heavy atom. The summed E-state index contributed by atoms with van der Waals surface area (Å²) in [5.41, 5.74) is 4.89. The van der Waals surface area contributed by atoms with Gasteiger partial charge in [-0.15, -0.1) is 12.4 Å². The number of halogens is 3. The van der Waals surface area contributed by atoms with Gasteiger partial charge in [0, 0.05) is 35.8 Å². The number of hydrogen-bond acceptors (Lipinski definition) is 5. The number of morpholine rings is 1. The smallest absolute Gasteiger partial charge is 0.335 e. The van der Waals surface area contributed by atoms with Crippen molar-refractivity contribution in [2.45, 2.75) is 44.8 Å². The number of aromatic nitrogens is 2. The molecule has 5 aromatic rings. The predicted octanol–water partition coefficient (Wildman–Crippen LogP) is 8.84. The minimum Gasteiger partial charge on any atom is -0.489 e. The van der Waals surface area contributed by atoms with Crippen LogP contribution in [0.4, 0.5) is 4.39 Å². The highest BCUT2D eigenvalue weighted by Crippen LogP contribution is 2.38. The number of carbonyl (C=O) groups excluding carboxylic acids is 1. The number of fused-ring (bicyclic) bond motifs is 1. The Labute approximate surface area is 294 Å². The number of aromatic carboxylic acids is 1. The van der Waals surface area contributed by atoms with Crippen LogP contribution in [0.15, 0.2) is 78.9 Å². The third kappa shape index (κ3) is 7.29. The fourth-order valence-electron chi connectivity index (χ4n) is 6.76. The fraction of sp³-hybridized carbons (Fsp3) is 0.289. The number of imidazole rings is 1. The monoisotopic (exact) mass is 703 g/mol. The number of benzene rings is 4. The minimum atomic E-state index is -1.03. The van der Waals surface area contributed by atoms with Crippen molar-refractivity contribution >= 4 is 46.9 Å².